The van der Waals surface area contributed by atoms with E-state index in [2.05, 4.69) is 83.1 Å². The molecule has 0 bridgehead atoms. The second-order valence-electron chi connectivity index (χ2n) is 8.91. The van der Waals surface area contributed by atoms with Crippen LogP contribution in [0.4, 0.5) is 0 Å². The molecule has 1 aliphatic carbocycles. The van der Waals surface area contributed by atoms with E-state index >= 15 is 0 Å². The van der Waals surface area contributed by atoms with Crippen LogP contribution in [0.2, 0.25) is 0 Å². The van der Waals surface area contributed by atoms with Crippen LogP contribution in [0, 0.1) is 0 Å². The van der Waals surface area contributed by atoms with Gasteiger partial charge in [-0.05, 0) is 57.0 Å². The first-order valence-corrected chi connectivity index (χ1v) is 9.28. The zero-order valence-corrected chi connectivity index (χ0v) is 16.2. The van der Waals surface area contributed by atoms with Crippen LogP contribution < -0.4 is 0 Å². The fraction of sp³-hybridized carbons (Fsp3) is 0.280. The molecular weight excluding hydrogens is 316 g/mol. The monoisotopic (exact) mass is 342 g/mol. The van der Waals surface area contributed by atoms with E-state index in [0.29, 0.717) is 5.75 Å². The highest BCUT2D eigenvalue weighted by Gasteiger charge is 2.35. The first-order valence-electron chi connectivity index (χ1n) is 9.28. The summed E-state index contributed by atoms with van der Waals surface area (Å²) in [6.45, 7) is 11.2. The summed E-state index contributed by atoms with van der Waals surface area (Å²) in [6, 6.07) is 21.2. The summed E-state index contributed by atoms with van der Waals surface area (Å²) in [5.74, 6) is 0.339. The molecular formula is C25H26O. The van der Waals surface area contributed by atoms with Gasteiger partial charge in [-0.3, -0.25) is 0 Å². The maximum absolute atomic E-state index is 10.5. The van der Waals surface area contributed by atoms with E-state index in [9.17, 15) is 5.11 Å². The summed E-state index contributed by atoms with van der Waals surface area (Å²) in [5.41, 5.74) is 8.58. The van der Waals surface area contributed by atoms with Crippen molar-refractivity contribution < 1.29 is 5.11 Å². The van der Waals surface area contributed by atoms with Gasteiger partial charge in [-0.15, -0.1) is 0 Å². The van der Waals surface area contributed by atoms with Crippen LogP contribution in [-0.4, -0.2) is 5.11 Å². The Balaban J connectivity index is 1.90. The Kier molecular flexibility index (Phi) is 3.56. The highest BCUT2D eigenvalue weighted by Crippen LogP contribution is 2.50. The van der Waals surface area contributed by atoms with Crippen molar-refractivity contribution in [3.63, 3.8) is 0 Å². The van der Waals surface area contributed by atoms with Crippen molar-refractivity contribution in [3.05, 3.63) is 77.4 Å². The maximum Gasteiger partial charge on any atom is 0.123 e. The number of fused-ring (bicyclic) bond motifs is 3. The lowest BCUT2D eigenvalue weighted by Gasteiger charge is -2.23. The third kappa shape index (κ3) is 2.46. The molecule has 0 heterocycles. The number of hydrogen-bond acceptors (Lipinski definition) is 1. The van der Waals surface area contributed by atoms with Crippen LogP contribution in [0.25, 0.3) is 22.3 Å². The van der Waals surface area contributed by atoms with E-state index in [1.165, 1.54) is 27.8 Å². The predicted octanol–water partition coefficient (Wildman–Crippen LogP) is 6.66. The Labute approximate surface area is 156 Å². The number of phenolic OH excluding ortho intramolecular Hbond substituents is 1. The van der Waals surface area contributed by atoms with Crippen molar-refractivity contribution >= 4 is 0 Å². The van der Waals surface area contributed by atoms with Gasteiger partial charge in [-0.1, -0.05) is 77.1 Å². The van der Waals surface area contributed by atoms with Gasteiger partial charge in [0.15, 0.2) is 0 Å². The largest absolute Gasteiger partial charge is 0.507 e. The van der Waals surface area contributed by atoms with Gasteiger partial charge in [0, 0.05) is 11.0 Å². The average molecular weight is 342 g/mol. The van der Waals surface area contributed by atoms with Gasteiger partial charge in [-0.2, -0.15) is 0 Å². The first-order chi connectivity index (χ1) is 12.2. The molecule has 0 saturated heterocycles. The van der Waals surface area contributed by atoms with E-state index in [1.54, 1.807) is 0 Å². The smallest absolute Gasteiger partial charge is 0.123 e. The molecule has 3 aromatic rings. The molecule has 0 aromatic heterocycles. The molecule has 26 heavy (non-hydrogen) atoms. The zero-order chi connectivity index (χ0) is 18.7. The van der Waals surface area contributed by atoms with Crippen molar-refractivity contribution in [1.82, 2.24) is 0 Å². The van der Waals surface area contributed by atoms with E-state index in [-0.39, 0.29) is 10.8 Å². The number of aromatic hydroxyl groups is 1. The van der Waals surface area contributed by atoms with Crippen molar-refractivity contribution in [3.8, 4) is 28.0 Å². The van der Waals surface area contributed by atoms with E-state index in [4.69, 9.17) is 0 Å². The Morgan fingerprint density at radius 3 is 2.15 bits per heavy atom. The molecule has 0 spiro atoms. The summed E-state index contributed by atoms with van der Waals surface area (Å²) >= 11 is 0. The Morgan fingerprint density at radius 2 is 1.42 bits per heavy atom. The Morgan fingerprint density at radius 1 is 0.731 bits per heavy atom. The molecule has 132 valence electrons. The van der Waals surface area contributed by atoms with Crippen LogP contribution in [0.15, 0.2) is 60.7 Å². The second kappa shape index (κ2) is 5.48. The van der Waals surface area contributed by atoms with Crippen LogP contribution in [0.1, 0.15) is 51.3 Å². The highest BCUT2D eigenvalue weighted by atomic mass is 16.3. The minimum absolute atomic E-state index is 0.0286. The lowest BCUT2D eigenvalue weighted by atomic mass is 9.81. The normalized spacial score (nSPS) is 14.8. The molecule has 3 aromatic carbocycles. The summed E-state index contributed by atoms with van der Waals surface area (Å²) in [4.78, 5) is 0. The average Bonchev–Trinajstić information content (AvgIpc) is 2.82. The standard InChI is InChI=1S/C25H26O/c1-24(2,3)17-11-13-23(26)20(15-17)16-10-12-19-18-8-6-7-9-21(18)25(4,5)22(19)14-16/h6-15,26H,1-5H3. The molecule has 0 radical (unpaired) electrons. The molecule has 0 atom stereocenters. The summed E-state index contributed by atoms with van der Waals surface area (Å²) in [7, 11) is 0. The summed E-state index contributed by atoms with van der Waals surface area (Å²) in [6.07, 6.45) is 0. The summed E-state index contributed by atoms with van der Waals surface area (Å²) < 4.78 is 0. The quantitative estimate of drug-likeness (QED) is 0.524. The van der Waals surface area contributed by atoms with Crippen LogP contribution in [0.5, 0.6) is 5.75 Å². The molecule has 1 nitrogen and oxygen atoms in total. The molecule has 1 heteroatoms. The second-order valence-corrected chi connectivity index (χ2v) is 8.91. The first kappa shape index (κ1) is 16.9. The van der Waals surface area contributed by atoms with E-state index in [1.807, 2.05) is 12.1 Å². The molecule has 0 amide bonds. The molecule has 0 fully saturated rings. The van der Waals surface area contributed by atoms with Crippen LogP contribution >= 0.6 is 0 Å². The number of hydrogen-bond donors (Lipinski definition) is 1. The van der Waals surface area contributed by atoms with Gasteiger partial charge in [0.25, 0.3) is 0 Å². The predicted molar refractivity (Wildman–Crippen MR) is 110 cm³/mol. The molecule has 1 N–H and O–H groups in total. The van der Waals surface area contributed by atoms with Gasteiger partial charge in [-0.25, -0.2) is 0 Å². The minimum atomic E-state index is -0.0286. The van der Waals surface area contributed by atoms with Crippen molar-refractivity contribution in [2.75, 3.05) is 0 Å². The SMILES string of the molecule is CC(C)(C)c1ccc(O)c(-c2ccc3c(c2)C(C)(C)c2ccccc2-3)c1. The third-order valence-electron chi connectivity index (χ3n) is 5.76. The van der Waals surface area contributed by atoms with Crippen molar-refractivity contribution in [2.45, 2.75) is 45.4 Å². The highest BCUT2D eigenvalue weighted by molar-refractivity contribution is 5.84. The van der Waals surface area contributed by atoms with E-state index < -0.39 is 0 Å². The third-order valence-corrected chi connectivity index (χ3v) is 5.76. The zero-order valence-electron chi connectivity index (χ0n) is 16.2. The van der Waals surface area contributed by atoms with Gasteiger partial charge in [0.05, 0.1) is 0 Å². The number of benzene rings is 3. The van der Waals surface area contributed by atoms with Crippen LogP contribution in [-0.2, 0) is 10.8 Å². The fourth-order valence-corrected chi connectivity index (χ4v) is 4.11. The molecule has 1 aliphatic rings. The minimum Gasteiger partial charge on any atom is -0.507 e. The number of phenols is 1. The summed E-state index contributed by atoms with van der Waals surface area (Å²) in [5, 5.41) is 10.5. The van der Waals surface area contributed by atoms with Crippen molar-refractivity contribution in [1.29, 1.82) is 0 Å². The molecule has 0 aliphatic heterocycles. The molecule has 4 rings (SSSR count). The topological polar surface area (TPSA) is 20.2 Å². The lowest BCUT2D eigenvalue weighted by Crippen LogP contribution is -2.15. The fourth-order valence-electron chi connectivity index (χ4n) is 4.11. The molecule has 0 unspecified atom stereocenters. The Bertz CT molecular complexity index is 1000. The van der Waals surface area contributed by atoms with Gasteiger partial charge >= 0.3 is 0 Å². The van der Waals surface area contributed by atoms with Gasteiger partial charge < -0.3 is 5.11 Å². The number of rotatable bonds is 1. The van der Waals surface area contributed by atoms with Gasteiger partial charge in [0.1, 0.15) is 5.75 Å². The van der Waals surface area contributed by atoms with Crippen LogP contribution in [0.3, 0.4) is 0 Å². The van der Waals surface area contributed by atoms with Gasteiger partial charge in [0.2, 0.25) is 0 Å². The Hall–Kier alpha value is -2.54. The van der Waals surface area contributed by atoms with E-state index in [0.717, 1.165) is 11.1 Å². The lowest BCUT2D eigenvalue weighted by molar-refractivity contribution is 0.476. The maximum atomic E-state index is 10.5. The van der Waals surface area contributed by atoms with Crippen molar-refractivity contribution in [2.24, 2.45) is 0 Å². The molecule has 0 saturated carbocycles.